The molecule has 96 valence electrons. The summed E-state index contributed by atoms with van der Waals surface area (Å²) in [4.78, 5) is 0. The van der Waals surface area contributed by atoms with Crippen LogP contribution >= 0.6 is 0 Å². The zero-order valence-electron chi connectivity index (χ0n) is 10.7. The third-order valence-corrected chi connectivity index (χ3v) is 2.91. The van der Waals surface area contributed by atoms with E-state index in [9.17, 15) is 0 Å². The number of benzene rings is 2. The van der Waals surface area contributed by atoms with E-state index >= 15 is 0 Å². The second-order valence-corrected chi connectivity index (χ2v) is 4.28. The van der Waals surface area contributed by atoms with Gasteiger partial charge in [0.15, 0.2) is 0 Å². The highest BCUT2D eigenvalue weighted by Gasteiger charge is 2.01. The van der Waals surface area contributed by atoms with Crippen molar-refractivity contribution in [3.63, 3.8) is 0 Å². The van der Waals surface area contributed by atoms with Crippen molar-refractivity contribution in [2.24, 2.45) is 5.16 Å². The molecule has 0 aliphatic heterocycles. The fourth-order valence-electron chi connectivity index (χ4n) is 1.98. The number of allylic oxidation sites excluding steroid dienone is 1. The van der Waals surface area contributed by atoms with Crippen molar-refractivity contribution in [2.45, 2.75) is 12.8 Å². The van der Waals surface area contributed by atoms with Crippen LogP contribution in [0.1, 0.15) is 24.0 Å². The molecule has 2 aromatic carbocycles. The Morgan fingerprint density at radius 2 is 1.58 bits per heavy atom. The molecule has 0 radical (unpaired) electrons. The Morgan fingerprint density at radius 1 is 0.947 bits per heavy atom. The van der Waals surface area contributed by atoms with Gasteiger partial charge in [0, 0.05) is 6.21 Å². The quantitative estimate of drug-likeness (QED) is 0.361. The van der Waals surface area contributed by atoms with E-state index in [0.717, 1.165) is 12.8 Å². The monoisotopic (exact) mass is 251 g/mol. The van der Waals surface area contributed by atoms with Gasteiger partial charge in [-0.2, -0.15) is 0 Å². The molecule has 2 nitrogen and oxygen atoms in total. The first-order chi connectivity index (χ1) is 9.40. The second kappa shape index (κ2) is 7.17. The van der Waals surface area contributed by atoms with Crippen LogP contribution in [0.5, 0.6) is 0 Å². The Hall–Kier alpha value is -2.35. The molecule has 0 bridgehead atoms. The van der Waals surface area contributed by atoms with Crippen LogP contribution < -0.4 is 0 Å². The van der Waals surface area contributed by atoms with E-state index in [1.165, 1.54) is 22.9 Å². The van der Waals surface area contributed by atoms with E-state index in [4.69, 9.17) is 5.21 Å². The highest BCUT2D eigenvalue weighted by Crippen LogP contribution is 2.22. The van der Waals surface area contributed by atoms with E-state index in [0.29, 0.717) is 0 Å². The van der Waals surface area contributed by atoms with Crippen LogP contribution in [0.25, 0.3) is 11.6 Å². The van der Waals surface area contributed by atoms with Gasteiger partial charge in [-0.3, -0.25) is 0 Å². The van der Waals surface area contributed by atoms with Crippen molar-refractivity contribution in [3.05, 3.63) is 71.8 Å². The van der Waals surface area contributed by atoms with E-state index in [-0.39, 0.29) is 0 Å². The molecule has 2 aromatic rings. The lowest BCUT2D eigenvalue weighted by Gasteiger charge is -2.06. The minimum Gasteiger partial charge on any atom is -0.411 e. The first-order valence-corrected chi connectivity index (χ1v) is 6.37. The number of oxime groups is 1. The summed E-state index contributed by atoms with van der Waals surface area (Å²) in [6.07, 6.45) is 5.29. The molecular formula is C17H17NO. The largest absolute Gasteiger partial charge is 0.411 e. The minimum absolute atomic E-state index is 0.726. The predicted molar refractivity (Wildman–Crippen MR) is 80.3 cm³/mol. The molecule has 0 aromatic heterocycles. The lowest BCUT2D eigenvalue weighted by molar-refractivity contribution is 0.320. The molecule has 0 heterocycles. The smallest absolute Gasteiger partial charge is 0.0439 e. The maximum Gasteiger partial charge on any atom is 0.0439 e. The van der Waals surface area contributed by atoms with Crippen LogP contribution in [0.3, 0.4) is 0 Å². The Labute approximate surface area is 113 Å². The molecule has 2 rings (SSSR count). The molecule has 0 unspecified atom stereocenters. The SMILES string of the molecule is O/N=C/CC/C(=C\c1ccccc1)c1ccccc1. The lowest BCUT2D eigenvalue weighted by atomic mass is 9.99. The van der Waals surface area contributed by atoms with Gasteiger partial charge in [-0.05, 0) is 29.5 Å². The molecule has 0 saturated heterocycles. The first-order valence-electron chi connectivity index (χ1n) is 6.37. The van der Waals surface area contributed by atoms with Gasteiger partial charge < -0.3 is 5.21 Å². The van der Waals surface area contributed by atoms with Gasteiger partial charge >= 0.3 is 0 Å². The van der Waals surface area contributed by atoms with Crippen LogP contribution in [-0.2, 0) is 0 Å². The van der Waals surface area contributed by atoms with Crippen LogP contribution in [-0.4, -0.2) is 11.4 Å². The van der Waals surface area contributed by atoms with Crippen molar-refractivity contribution in [1.29, 1.82) is 0 Å². The maximum absolute atomic E-state index is 8.49. The van der Waals surface area contributed by atoms with E-state index in [1.54, 1.807) is 0 Å². The van der Waals surface area contributed by atoms with Crippen molar-refractivity contribution < 1.29 is 5.21 Å². The lowest BCUT2D eigenvalue weighted by Crippen LogP contribution is -1.87. The average molecular weight is 251 g/mol. The summed E-state index contributed by atoms with van der Waals surface area (Å²) in [6.45, 7) is 0. The molecule has 0 spiro atoms. The third kappa shape index (κ3) is 4.11. The number of rotatable bonds is 5. The normalized spacial score (nSPS) is 11.9. The van der Waals surface area contributed by atoms with Crippen LogP contribution in [0.2, 0.25) is 0 Å². The maximum atomic E-state index is 8.49. The van der Waals surface area contributed by atoms with Gasteiger partial charge in [-0.1, -0.05) is 66.7 Å². The number of hydrogen-bond donors (Lipinski definition) is 1. The Balaban J connectivity index is 2.26. The van der Waals surface area contributed by atoms with Gasteiger partial charge in [0.25, 0.3) is 0 Å². The molecule has 19 heavy (non-hydrogen) atoms. The second-order valence-electron chi connectivity index (χ2n) is 4.28. The summed E-state index contributed by atoms with van der Waals surface area (Å²) in [6, 6.07) is 20.5. The third-order valence-electron chi connectivity index (χ3n) is 2.91. The Kier molecular flexibility index (Phi) is 4.94. The molecule has 0 atom stereocenters. The fourth-order valence-corrected chi connectivity index (χ4v) is 1.98. The zero-order valence-corrected chi connectivity index (χ0v) is 10.7. The number of hydrogen-bond acceptors (Lipinski definition) is 2. The van der Waals surface area contributed by atoms with E-state index in [1.807, 2.05) is 36.4 Å². The van der Waals surface area contributed by atoms with Crippen molar-refractivity contribution in [2.75, 3.05) is 0 Å². The summed E-state index contributed by atoms with van der Waals surface area (Å²) in [5.41, 5.74) is 3.63. The van der Waals surface area contributed by atoms with Gasteiger partial charge in [0.2, 0.25) is 0 Å². The van der Waals surface area contributed by atoms with Gasteiger partial charge in [0.05, 0.1) is 0 Å². The van der Waals surface area contributed by atoms with Gasteiger partial charge in [-0.15, -0.1) is 5.16 Å². The summed E-state index contributed by atoms with van der Waals surface area (Å²) >= 11 is 0. The summed E-state index contributed by atoms with van der Waals surface area (Å²) in [7, 11) is 0. The first kappa shape index (κ1) is 13.1. The number of nitrogens with zero attached hydrogens (tertiary/aromatic N) is 1. The Morgan fingerprint density at radius 3 is 2.21 bits per heavy atom. The minimum atomic E-state index is 0.726. The van der Waals surface area contributed by atoms with Crippen molar-refractivity contribution in [1.82, 2.24) is 0 Å². The molecule has 1 N–H and O–H groups in total. The predicted octanol–water partition coefficient (Wildman–Crippen LogP) is 4.47. The van der Waals surface area contributed by atoms with E-state index < -0.39 is 0 Å². The summed E-state index contributed by atoms with van der Waals surface area (Å²) in [5, 5.41) is 11.5. The van der Waals surface area contributed by atoms with Gasteiger partial charge in [-0.25, -0.2) is 0 Å². The zero-order chi connectivity index (χ0) is 13.3. The summed E-state index contributed by atoms with van der Waals surface area (Å²) < 4.78 is 0. The van der Waals surface area contributed by atoms with Crippen LogP contribution in [0.4, 0.5) is 0 Å². The molecule has 0 amide bonds. The van der Waals surface area contributed by atoms with Crippen LogP contribution in [0.15, 0.2) is 65.8 Å². The van der Waals surface area contributed by atoms with Crippen LogP contribution in [0, 0.1) is 0 Å². The summed E-state index contributed by atoms with van der Waals surface area (Å²) in [5.74, 6) is 0. The Bertz CT molecular complexity index is 544. The fraction of sp³-hybridized carbons (Fsp3) is 0.118. The molecular weight excluding hydrogens is 234 g/mol. The van der Waals surface area contributed by atoms with E-state index in [2.05, 4.69) is 35.5 Å². The molecule has 0 fully saturated rings. The topological polar surface area (TPSA) is 32.6 Å². The average Bonchev–Trinajstić information content (AvgIpc) is 2.48. The molecule has 2 heteroatoms. The van der Waals surface area contributed by atoms with Crippen molar-refractivity contribution >= 4 is 17.9 Å². The molecule has 0 aliphatic rings. The standard InChI is InChI=1S/C17H17NO/c19-18-13-7-12-17(16-10-5-2-6-11-16)14-15-8-3-1-4-9-15/h1-6,8-11,13-14,19H,7,12H2/b17-14+,18-13+. The van der Waals surface area contributed by atoms with Crippen molar-refractivity contribution in [3.8, 4) is 0 Å². The van der Waals surface area contributed by atoms with Gasteiger partial charge in [0.1, 0.15) is 0 Å². The highest BCUT2D eigenvalue weighted by atomic mass is 16.4. The molecule has 0 aliphatic carbocycles. The molecule has 0 saturated carbocycles. The highest BCUT2D eigenvalue weighted by molar-refractivity contribution is 5.82.